The van der Waals surface area contributed by atoms with Gasteiger partial charge in [-0.05, 0) is 12.2 Å². The summed E-state index contributed by atoms with van der Waals surface area (Å²) < 4.78 is 0. The molecule has 2 heterocycles. The first-order valence-electron chi connectivity index (χ1n) is 7.21. The third-order valence-corrected chi connectivity index (χ3v) is 4.96. The van der Waals surface area contributed by atoms with E-state index in [4.69, 9.17) is 4.98 Å². The monoisotopic (exact) mass is 300 g/mol. The predicted molar refractivity (Wildman–Crippen MR) is 91.1 cm³/mol. The van der Waals surface area contributed by atoms with E-state index >= 15 is 0 Å². The Morgan fingerprint density at radius 2 is 2.05 bits per heavy atom. The maximum atomic E-state index is 4.76. The maximum Gasteiger partial charge on any atom is 0.163 e. The number of benzene rings is 1. The Hall–Kier alpha value is -1.75. The highest BCUT2D eigenvalue weighted by Gasteiger charge is 2.22. The van der Waals surface area contributed by atoms with Gasteiger partial charge in [-0.1, -0.05) is 30.3 Å². The first kappa shape index (κ1) is 14.2. The molecule has 3 rings (SSSR count). The van der Waals surface area contributed by atoms with Crippen molar-refractivity contribution in [3.05, 3.63) is 36.4 Å². The third kappa shape index (κ3) is 3.13. The van der Waals surface area contributed by atoms with Crippen molar-refractivity contribution in [1.82, 2.24) is 9.97 Å². The van der Waals surface area contributed by atoms with Crippen molar-refractivity contribution in [2.75, 3.05) is 35.8 Å². The lowest BCUT2D eigenvalue weighted by atomic mass is 10.2. The average Bonchev–Trinajstić information content (AvgIpc) is 3.09. The zero-order valence-electron chi connectivity index (χ0n) is 12.4. The van der Waals surface area contributed by atoms with Crippen molar-refractivity contribution in [3.8, 4) is 11.4 Å². The van der Waals surface area contributed by atoms with E-state index in [1.807, 2.05) is 55.2 Å². The fraction of sp³-hybridized carbons (Fsp3) is 0.375. The van der Waals surface area contributed by atoms with E-state index in [2.05, 4.69) is 22.2 Å². The molecule has 0 spiro atoms. The highest BCUT2D eigenvalue weighted by atomic mass is 32.2. The SMILES string of the molecule is CNc1cc(N(C)C2CCSC2)nc(-c2ccccc2)n1. The number of nitrogens with zero attached hydrogens (tertiary/aromatic N) is 3. The van der Waals surface area contributed by atoms with Crippen LogP contribution in [0.1, 0.15) is 6.42 Å². The summed E-state index contributed by atoms with van der Waals surface area (Å²) in [6.07, 6.45) is 1.22. The maximum absolute atomic E-state index is 4.76. The molecule has 110 valence electrons. The summed E-state index contributed by atoms with van der Waals surface area (Å²) >= 11 is 2.02. The fourth-order valence-corrected chi connectivity index (χ4v) is 3.74. The Morgan fingerprint density at radius 3 is 2.71 bits per heavy atom. The first-order chi connectivity index (χ1) is 10.3. The summed E-state index contributed by atoms with van der Waals surface area (Å²) in [7, 11) is 4.03. The molecule has 1 atom stereocenters. The number of hydrogen-bond donors (Lipinski definition) is 1. The molecule has 1 aliphatic heterocycles. The van der Waals surface area contributed by atoms with E-state index in [1.54, 1.807) is 0 Å². The van der Waals surface area contributed by atoms with Gasteiger partial charge in [-0.15, -0.1) is 0 Å². The number of aromatic nitrogens is 2. The normalized spacial score (nSPS) is 17.7. The largest absolute Gasteiger partial charge is 0.373 e. The molecule has 5 heteroatoms. The lowest BCUT2D eigenvalue weighted by Gasteiger charge is -2.25. The van der Waals surface area contributed by atoms with Gasteiger partial charge in [-0.3, -0.25) is 0 Å². The smallest absolute Gasteiger partial charge is 0.163 e. The predicted octanol–water partition coefficient (Wildman–Crippen LogP) is 3.13. The molecular weight excluding hydrogens is 280 g/mol. The minimum absolute atomic E-state index is 0.568. The Kier molecular flexibility index (Phi) is 4.29. The van der Waals surface area contributed by atoms with Gasteiger partial charge in [0.1, 0.15) is 11.6 Å². The van der Waals surface area contributed by atoms with Crippen molar-refractivity contribution in [2.24, 2.45) is 0 Å². The standard InChI is InChI=1S/C16H20N4S/c1-17-14-10-15(20(2)13-8-9-21-11-13)19-16(18-14)12-6-4-3-5-7-12/h3-7,10,13H,8-9,11H2,1-2H3,(H,17,18,19). The lowest BCUT2D eigenvalue weighted by molar-refractivity contribution is 0.691. The van der Waals surface area contributed by atoms with Crippen LogP contribution in [0.2, 0.25) is 0 Å². The average molecular weight is 300 g/mol. The highest BCUT2D eigenvalue weighted by molar-refractivity contribution is 7.99. The molecule has 1 unspecified atom stereocenters. The molecule has 0 bridgehead atoms. The van der Waals surface area contributed by atoms with Crippen molar-refractivity contribution in [3.63, 3.8) is 0 Å². The van der Waals surface area contributed by atoms with Crippen LogP contribution in [0.5, 0.6) is 0 Å². The molecule has 0 amide bonds. The molecule has 1 N–H and O–H groups in total. The van der Waals surface area contributed by atoms with Gasteiger partial charge in [0.25, 0.3) is 0 Å². The van der Waals surface area contributed by atoms with Crippen LogP contribution in [-0.2, 0) is 0 Å². The Balaban J connectivity index is 1.97. The summed E-state index contributed by atoms with van der Waals surface area (Å²) in [5, 5.41) is 3.14. The molecule has 1 fully saturated rings. The van der Waals surface area contributed by atoms with Gasteiger partial charge in [0.05, 0.1) is 0 Å². The summed E-state index contributed by atoms with van der Waals surface area (Å²) in [5.74, 6) is 5.03. The topological polar surface area (TPSA) is 41.0 Å². The minimum Gasteiger partial charge on any atom is -0.373 e. The van der Waals surface area contributed by atoms with E-state index in [9.17, 15) is 0 Å². The second-order valence-electron chi connectivity index (χ2n) is 5.18. The van der Waals surface area contributed by atoms with Crippen LogP contribution in [-0.4, -0.2) is 41.6 Å². The second-order valence-corrected chi connectivity index (χ2v) is 6.33. The van der Waals surface area contributed by atoms with Crippen molar-refractivity contribution in [2.45, 2.75) is 12.5 Å². The van der Waals surface area contributed by atoms with E-state index in [0.717, 1.165) is 23.0 Å². The minimum atomic E-state index is 0.568. The van der Waals surface area contributed by atoms with Crippen LogP contribution in [0.4, 0.5) is 11.6 Å². The first-order valence-corrected chi connectivity index (χ1v) is 8.36. The van der Waals surface area contributed by atoms with Crippen LogP contribution in [0.25, 0.3) is 11.4 Å². The third-order valence-electron chi connectivity index (χ3n) is 3.82. The van der Waals surface area contributed by atoms with Crippen LogP contribution in [0.15, 0.2) is 36.4 Å². The quantitative estimate of drug-likeness (QED) is 0.939. The second kappa shape index (κ2) is 6.35. The van der Waals surface area contributed by atoms with Gasteiger partial charge in [-0.2, -0.15) is 11.8 Å². The summed E-state index contributed by atoms with van der Waals surface area (Å²) in [6.45, 7) is 0. The van der Waals surface area contributed by atoms with Gasteiger partial charge in [0, 0.05) is 37.5 Å². The lowest BCUT2D eigenvalue weighted by Crippen LogP contribution is -2.32. The van der Waals surface area contributed by atoms with E-state index < -0.39 is 0 Å². The van der Waals surface area contributed by atoms with Crippen molar-refractivity contribution in [1.29, 1.82) is 0 Å². The molecular formula is C16H20N4S. The molecule has 21 heavy (non-hydrogen) atoms. The molecule has 1 aromatic carbocycles. The van der Waals surface area contributed by atoms with E-state index in [-0.39, 0.29) is 0 Å². The molecule has 1 aromatic heterocycles. The number of anilines is 2. The highest BCUT2D eigenvalue weighted by Crippen LogP contribution is 2.27. The zero-order valence-corrected chi connectivity index (χ0v) is 13.2. The van der Waals surface area contributed by atoms with Gasteiger partial charge in [-0.25, -0.2) is 9.97 Å². The van der Waals surface area contributed by atoms with Gasteiger partial charge >= 0.3 is 0 Å². The number of nitrogens with one attached hydrogen (secondary N) is 1. The number of hydrogen-bond acceptors (Lipinski definition) is 5. The number of thioether (sulfide) groups is 1. The fourth-order valence-electron chi connectivity index (χ4n) is 2.47. The van der Waals surface area contributed by atoms with E-state index in [1.165, 1.54) is 17.9 Å². The summed E-state index contributed by atoms with van der Waals surface area (Å²) in [6, 6.07) is 12.7. The zero-order chi connectivity index (χ0) is 14.7. The molecule has 4 nitrogen and oxygen atoms in total. The molecule has 0 aliphatic carbocycles. The van der Waals surface area contributed by atoms with Gasteiger partial charge in [0.15, 0.2) is 5.82 Å². The Bertz CT molecular complexity index is 596. The van der Waals surface area contributed by atoms with Crippen molar-refractivity contribution >= 4 is 23.4 Å². The molecule has 1 aliphatic rings. The van der Waals surface area contributed by atoms with Crippen molar-refractivity contribution < 1.29 is 0 Å². The van der Waals surface area contributed by atoms with Crippen LogP contribution in [0, 0.1) is 0 Å². The Morgan fingerprint density at radius 1 is 1.24 bits per heavy atom. The van der Waals surface area contributed by atoms with Gasteiger partial charge < -0.3 is 10.2 Å². The Labute approximate surface area is 130 Å². The summed E-state index contributed by atoms with van der Waals surface area (Å²) in [5.41, 5.74) is 1.05. The van der Waals surface area contributed by atoms with E-state index in [0.29, 0.717) is 6.04 Å². The summed E-state index contributed by atoms with van der Waals surface area (Å²) in [4.78, 5) is 11.6. The van der Waals surface area contributed by atoms with Gasteiger partial charge in [0.2, 0.25) is 0 Å². The molecule has 1 saturated heterocycles. The van der Waals surface area contributed by atoms with Crippen LogP contribution in [0.3, 0.4) is 0 Å². The molecule has 2 aromatic rings. The molecule has 0 radical (unpaired) electrons. The van der Waals surface area contributed by atoms with Crippen LogP contribution < -0.4 is 10.2 Å². The number of rotatable bonds is 4. The molecule has 0 saturated carbocycles. The van der Waals surface area contributed by atoms with Crippen LogP contribution >= 0.6 is 11.8 Å².